The minimum Gasteiger partial charge on any atom is -0.385 e. The second-order valence-electron chi connectivity index (χ2n) is 6.14. The van der Waals surface area contributed by atoms with Crippen molar-refractivity contribution in [2.45, 2.75) is 63.5 Å². The molecule has 0 radical (unpaired) electrons. The van der Waals surface area contributed by atoms with Crippen molar-refractivity contribution in [2.75, 3.05) is 26.8 Å². The van der Waals surface area contributed by atoms with Crippen LogP contribution in [0.4, 0.5) is 0 Å². The summed E-state index contributed by atoms with van der Waals surface area (Å²) in [5.41, 5.74) is 6.27. The highest BCUT2D eigenvalue weighted by atomic mass is 16.5. The van der Waals surface area contributed by atoms with E-state index in [4.69, 9.17) is 10.5 Å². The third-order valence-corrected chi connectivity index (χ3v) is 4.75. The number of hydrogen-bond acceptors (Lipinski definition) is 3. The molecule has 3 nitrogen and oxygen atoms in total. The van der Waals surface area contributed by atoms with Gasteiger partial charge in [0.05, 0.1) is 0 Å². The lowest BCUT2D eigenvalue weighted by molar-refractivity contribution is 0.0547. The first-order valence-corrected chi connectivity index (χ1v) is 7.80. The summed E-state index contributed by atoms with van der Waals surface area (Å²) in [5, 5.41) is 0. The molecule has 1 heterocycles. The van der Waals surface area contributed by atoms with Gasteiger partial charge in [-0.3, -0.25) is 4.90 Å². The fraction of sp³-hybridized carbons (Fsp3) is 1.00. The molecule has 0 amide bonds. The van der Waals surface area contributed by atoms with Gasteiger partial charge < -0.3 is 10.5 Å². The third kappa shape index (κ3) is 3.94. The van der Waals surface area contributed by atoms with Gasteiger partial charge in [-0.1, -0.05) is 12.8 Å². The highest BCUT2D eigenvalue weighted by Crippen LogP contribution is 2.35. The molecule has 1 saturated heterocycles. The standard InChI is InChI=1S/C15H30N2O/c1-18-11-5-8-14(16)12-17-10-4-7-13-6-2-3-9-15(13)17/h13-15H,2-12,16H2,1H3. The van der Waals surface area contributed by atoms with Crippen LogP contribution >= 0.6 is 0 Å². The lowest BCUT2D eigenvalue weighted by Gasteiger charge is -2.45. The van der Waals surface area contributed by atoms with Crippen LogP contribution in [0.5, 0.6) is 0 Å². The number of fused-ring (bicyclic) bond motifs is 1. The highest BCUT2D eigenvalue weighted by molar-refractivity contribution is 4.88. The van der Waals surface area contributed by atoms with Gasteiger partial charge in [0.15, 0.2) is 0 Å². The zero-order valence-corrected chi connectivity index (χ0v) is 11.9. The van der Waals surface area contributed by atoms with Crippen molar-refractivity contribution < 1.29 is 4.74 Å². The quantitative estimate of drug-likeness (QED) is 0.740. The van der Waals surface area contributed by atoms with Crippen molar-refractivity contribution in [3.63, 3.8) is 0 Å². The molecular weight excluding hydrogens is 224 g/mol. The van der Waals surface area contributed by atoms with E-state index in [2.05, 4.69) is 4.90 Å². The summed E-state index contributed by atoms with van der Waals surface area (Å²) in [6.45, 7) is 3.23. The Bertz CT molecular complexity index is 233. The molecule has 106 valence electrons. The molecule has 3 heteroatoms. The number of nitrogens with zero attached hydrogens (tertiary/aromatic N) is 1. The normalized spacial score (nSPS) is 31.0. The van der Waals surface area contributed by atoms with Gasteiger partial charge in [-0.05, 0) is 51.0 Å². The van der Waals surface area contributed by atoms with Crippen LogP contribution in [-0.4, -0.2) is 43.8 Å². The van der Waals surface area contributed by atoms with Crippen LogP contribution in [-0.2, 0) is 4.74 Å². The third-order valence-electron chi connectivity index (χ3n) is 4.75. The van der Waals surface area contributed by atoms with Crippen molar-refractivity contribution in [3.8, 4) is 0 Å². The van der Waals surface area contributed by atoms with Crippen LogP contribution in [0.2, 0.25) is 0 Å². The summed E-state index contributed by atoms with van der Waals surface area (Å²) in [6, 6.07) is 1.18. The number of hydrogen-bond donors (Lipinski definition) is 1. The Morgan fingerprint density at radius 2 is 2.00 bits per heavy atom. The fourth-order valence-corrected chi connectivity index (χ4v) is 3.84. The first-order valence-electron chi connectivity index (χ1n) is 7.80. The van der Waals surface area contributed by atoms with Gasteiger partial charge in [0.25, 0.3) is 0 Å². The Labute approximate surface area is 112 Å². The molecule has 0 aromatic rings. The lowest BCUT2D eigenvalue weighted by atomic mass is 9.78. The molecule has 2 aliphatic rings. The zero-order chi connectivity index (χ0) is 12.8. The van der Waals surface area contributed by atoms with Gasteiger partial charge in [-0.2, -0.15) is 0 Å². The Hall–Kier alpha value is -0.120. The summed E-state index contributed by atoms with van der Waals surface area (Å²) >= 11 is 0. The van der Waals surface area contributed by atoms with E-state index < -0.39 is 0 Å². The lowest BCUT2D eigenvalue weighted by Crippen LogP contribution is -2.50. The molecule has 1 aliphatic heterocycles. The molecule has 0 aromatic heterocycles. The van der Waals surface area contributed by atoms with Gasteiger partial charge in [-0.25, -0.2) is 0 Å². The largest absolute Gasteiger partial charge is 0.385 e. The molecular formula is C15H30N2O. The van der Waals surface area contributed by atoms with Crippen LogP contribution in [0.15, 0.2) is 0 Å². The summed E-state index contributed by atoms with van der Waals surface area (Å²) in [6.07, 6.45) is 10.8. The smallest absolute Gasteiger partial charge is 0.0462 e. The molecule has 1 saturated carbocycles. The van der Waals surface area contributed by atoms with Gasteiger partial charge in [0.2, 0.25) is 0 Å². The summed E-state index contributed by atoms with van der Waals surface area (Å²) < 4.78 is 5.10. The van der Waals surface area contributed by atoms with Crippen molar-refractivity contribution in [1.82, 2.24) is 4.90 Å². The van der Waals surface area contributed by atoms with E-state index in [1.54, 1.807) is 7.11 Å². The maximum Gasteiger partial charge on any atom is 0.0462 e. The van der Waals surface area contributed by atoms with E-state index in [0.717, 1.165) is 38.0 Å². The van der Waals surface area contributed by atoms with E-state index in [-0.39, 0.29) is 0 Å². The van der Waals surface area contributed by atoms with Crippen LogP contribution in [0.1, 0.15) is 51.4 Å². The van der Waals surface area contributed by atoms with Gasteiger partial charge in [0.1, 0.15) is 0 Å². The van der Waals surface area contributed by atoms with E-state index >= 15 is 0 Å². The molecule has 0 bridgehead atoms. The summed E-state index contributed by atoms with van der Waals surface area (Å²) in [5.74, 6) is 0.971. The molecule has 0 aromatic carbocycles. The first-order chi connectivity index (χ1) is 8.81. The number of piperidine rings is 1. The number of methoxy groups -OCH3 is 1. The molecule has 2 rings (SSSR count). The van der Waals surface area contributed by atoms with Crippen molar-refractivity contribution in [1.29, 1.82) is 0 Å². The summed E-state index contributed by atoms with van der Waals surface area (Å²) in [7, 11) is 1.77. The topological polar surface area (TPSA) is 38.5 Å². The van der Waals surface area contributed by atoms with Crippen molar-refractivity contribution >= 4 is 0 Å². The molecule has 3 atom stereocenters. The Morgan fingerprint density at radius 1 is 1.22 bits per heavy atom. The SMILES string of the molecule is COCCCC(N)CN1CCCC2CCCCC21. The monoisotopic (exact) mass is 254 g/mol. The van der Waals surface area contributed by atoms with Crippen LogP contribution in [0, 0.1) is 5.92 Å². The molecule has 1 aliphatic carbocycles. The molecule has 2 N–H and O–H groups in total. The molecule has 3 unspecified atom stereocenters. The number of rotatable bonds is 6. The van der Waals surface area contributed by atoms with Gasteiger partial charge in [0, 0.05) is 32.3 Å². The Morgan fingerprint density at radius 3 is 2.83 bits per heavy atom. The Balaban J connectivity index is 1.76. The fourth-order valence-electron chi connectivity index (χ4n) is 3.84. The second-order valence-corrected chi connectivity index (χ2v) is 6.14. The van der Waals surface area contributed by atoms with E-state index in [0.29, 0.717) is 6.04 Å². The van der Waals surface area contributed by atoms with Crippen molar-refractivity contribution in [3.05, 3.63) is 0 Å². The average molecular weight is 254 g/mol. The van der Waals surface area contributed by atoms with Crippen LogP contribution in [0.25, 0.3) is 0 Å². The molecule has 2 fully saturated rings. The number of likely N-dealkylation sites (tertiary alicyclic amines) is 1. The minimum atomic E-state index is 0.334. The summed E-state index contributed by atoms with van der Waals surface area (Å²) in [4.78, 5) is 2.70. The number of nitrogens with two attached hydrogens (primary N) is 1. The molecule has 18 heavy (non-hydrogen) atoms. The van der Waals surface area contributed by atoms with Crippen molar-refractivity contribution in [2.24, 2.45) is 11.7 Å². The maximum absolute atomic E-state index is 6.27. The second kappa shape index (κ2) is 7.46. The maximum atomic E-state index is 6.27. The first kappa shape index (κ1) is 14.3. The Kier molecular flexibility index (Phi) is 5.93. The predicted octanol–water partition coefficient (Wildman–Crippen LogP) is 2.39. The van der Waals surface area contributed by atoms with E-state index in [1.807, 2.05) is 0 Å². The van der Waals surface area contributed by atoms with Gasteiger partial charge in [-0.15, -0.1) is 0 Å². The average Bonchev–Trinajstić information content (AvgIpc) is 2.39. The highest BCUT2D eigenvalue weighted by Gasteiger charge is 2.33. The predicted molar refractivity (Wildman–Crippen MR) is 75.6 cm³/mol. The van der Waals surface area contributed by atoms with Crippen LogP contribution in [0.3, 0.4) is 0 Å². The zero-order valence-electron chi connectivity index (χ0n) is 11.9. The van der Waals surface area contributed by atoms with Crippen LogP contribution < -0.4 is 5.73 Å². The molecule has 0 spiro atoms. The van der Waals surface area contributed by atoms with E-state index in [1.165, 1.54) is 45.1 Å². The van der Waals surface area contributed by atoms with Gasteiger partial charge >= 0.3 is 0 Å². The minimum absolute atomic E-state index is 0.334. The van der Waals surface area contributed by atoms with E-state index in [9.17, 15) is 0 Å². The number of ether oxygens (including phenoxy) is 1.